The maximum absolute atomic E-state index is 11.4. The Morgan fingerprint density at radius 3 is 1.50 bits per heavy atom. The molecule has 6 N–H and O–H groups in total. The van der Waals surface area contributed by atoms with E-state index in [-0.39, 0.29) is 56.7 Å². The Balaban J connectivity index is -0.00000220. The molecule has 0 aromatic rings. The summed E-state index contributed by atoms with van der Waals surface area (Å²) in [6.45, 7) is 7.88. The highest BCUT2D eigenvalue weighted by Gasteiger charge is 2.24. The number of nitrogens with two attached hydrogens (primary N) is 2. The van der Waals surface area contributed by atoms with E-state index in [0.29, 0.717) is 12.8 Å². The van der Waals surface area contributed by atoms with Crippen molar-refractivity contribution >= 4 is 37.0 Å². The van der Waals surface area contributed by atoms with Crippen LogP contribution in [0.5, 0.6) is 0 Å². The summed E-state index contributed by atoms with van der Waals surface area (Å²) in [5.74, 6) is 0. The lowest BCUT2D eigenvalue weighted by atomic mass is 9.93. The molecule has 0 aromatic carbocycles. The van der Waals surface area contributed by atoms with Crippen molar-refractivity contribution in [2.24, 2.45) is 11.5 Å². The number of nitrogens with one attached hydrogen (secondary N) is 2. The van der Waals surface area contributed by atoms with E-state index in [1.54, 1.807) is 0 Å². The van der Waals surface area contributed by atoms with E-state index in [9.17, 15) is 9.59 Å². The first-order valence-electron chi connectivity index (χ1n) is 7.54. The van der Waals surface area contributed by atoms with Crippen LogP contribution >= 0.6 is 24.8 Å². The van der Waals surface area contributed by atoms with Gasteiger partial charge in [0.1, 0.15) is 0 Å². The van der Waals surface area contributed by atoms with E-state index in [1.165, 1.54) is 0 Å². The number of hydrogen-bond acceptors (Lipinski definition) is 6. The van der Waals surface area contributed by atoms with Crippen molar-refractivity contribution in [2.45, 2.75) is 58.2 Å². The van der Waals surface area contributed by atoms with Crippen LogP contribution in [0.1, 0.15) is 40.5 Å². The molecule has 0 bridgehead atoms. The first-order chi connectivity index (χ1) is 10.2. The molecular formula is C14H32Cl2N4O4. The van der Waals surface area contributed by atoms with Crippen LogP contribution < -0.4 is 22.1 Å². The summed E-state index contributed by atoms with van der Waals surface area (Å²) in [6, 6.07) is 0.0232. The lowest BCUT2D eigenvalue weighted by Crippen LogP contribution is -2.49. The predicted molar refractivity (Wildman–Crippen MR) is 98.9 cm³/mol. The third-order valence-electron chi connectivity index (χ3n) is 2.89. The van der Waals surface area contributed by atoms with E-state index in [0.717, 1.165) is 0 Å². The zero-order valence-corrected chi connectivity index (χ0v) is 16.4. The van der Waals surface area contributed by atoms with Crippen LogP contribution in [0, 0.1) is 0 Å². The van der Waals surface area contributed by atoms with E-state index >= 15 is 0 Å². The minimum absolute atomic E-state index is 0. The summed E-state index contributed by atoms with van der Waals surface area (Å²) >= 11 is 0. The maximum atomic E-state index is 11.4. The molecule has 0 aliphatic heterocycles. The second kappa shape index (κ2) is 14.4. The number of alkyl carbamates (subject to hydrolysis) is 2. The van der Waals surface area contributed by atoms with Crippen LogP contribution in [0.4, 0.5) is 9.59 Å². The molecule has 0 aromatic heterocycles. The molecule has 0 spiro atoms. The number of carbonyl (C=O) groups is 2. The molecule has 146 valence electrons. The Bertz CT molecular complexity index is 330. The molecule has 0 unspecified atom stereocenters. The standard InChI is InChI=1S/C14H30N4O4.2ClH/c1-10(2)17-12(19)21-7-5-14(16,9-15)6-8-22-13(20)18-11(3)4;;/h10-11H,5-9,15-16H2,1-4H3,(H,17,19)(H,18,20);2*1H. The maximum Gasteiger partial charge on any atom is 0.407 e. The molecular weight excluding hydrogens is 359 g/mol. The molecule has 0 atom stereocenters. The third kappa shape index (κ3) is 14.6. The van der Waals surface area contributed by atoms with Crippen molar-refractivity contribution in [3.8, 4) is 0 Å². The van der Waals surface area contributed by atoms with Gasteiger partial charge in [-0.25, -0.2) is 9.59 Å². The Morgan fingerprint density at radius 2 is 1.25 bits per heavy atom. The summed E-state index contributed by atoms with van der Waals surface area (Å²) in [5, 5.41) is 5.22. The average Bonchev–Trinajstić information content (AvgIpc) is 2.36. The van der Waals surface area contributed by atoms with Crippen molar-refractivity contribution in [2.75, 3.05) is 19.8 Å². The number of amides is 2. The zero-order chi connectivity index (χ0) is 17.2. The molecule has 24 heavy (non-hydrogen) atoms. The van der Waals surface area contributed by atoms with Crippen LogP contribution in [0.2, 0.25) is 0 Å². The van der Waals surface area contributed by atoms with E-state index in [4.69, 9.17) is 20.9 Å². The van der Waals surface area contributed by atoms with Gasteiger partial charge in [0.05, 0.1) is 13.2 Å². The van der Waals surface area contributed by atoms with Gasteiger partial charge in [0.15, 0.2) is 0 Å². The molecule has 2 amide bonds. The summed E-state index contributed by atoms with van der Waals surface area (Å²) < 4.78 is 10.0. The van der Waals surface area contributed by atoms with Crippen LogP contribution in [0.25, 0.3) is 0 Å². The van der Waals surface area contributed by atoms with Crippen molar-refractivity contribution in [1.29, 1.82) is 0 Å². The fourth-order valence-corrected chi connectivity index (χ4v) is 1.58. The summed E-state index contributed by atoms with van der Waals surface area (Å²) in [5.41, 5.74) is 11.0. The largest absolute Gasteiger partial charge is 0.449 e. The third-order valence-corrected chi connectivity index (χ3v) is 2.89. The fourth-order valence-electron chi connectivity index (χ4n) is 1.58. The monoisotopic (exact) mass is 390 g/mol. The van der Waals surface area contributed by atoms with Gasteiger partial charge in [-0.2, -0.15) is 0 Å². The molecule has 8 nitrogen and oxygen atoms in total. The molecule has 0 fully saturated rings. The van der Waals surface area contributed by atoms with Gasteiger partial charge in [-0.1, -0.05) is 0 Å². The number of rotatable bonds is 9. The minimum Gasteiger partial charge on any atom is -0.449 e. The second-order valence-electron chi connectivity index (χ2n) is 5.94. The van der Waals surface area contributed by atoms with Gasteiger partial charge < -0.3 is 31.6 Å². The average molecular weight is 391 g/mol. The quantitative estimate of drug-likeness (QED) is 0.472. The lowest BCUT2D eigenvalue weighted by Gasteiger charge is -2.27. The van der Waals surface area contributed by atoms with Gasteiger partial charge >= 0.3 is 12.2 Å². The van der Waals surface area contributed by atoms with Gasteiger partial charge in [0.25, 0.3) is 0 Å². The van der Waals surface area contributed by atoms with Crippen LogP contribution in [-0.4, -0.2) is 49.6 Å². The van der Waals surface area contributed by atoms with E-state index in [1.807, 2.05) is 27.7 Å². The van der Waals surface area contributed by atoms with Crippen LogP contribution in [0.15, 0.2) is 0 Å². The highest BCUT2D eigenvalue weighted by molar-refractivity contribution is 5.85. The highest BCUT2D eigenvalue weighted by atomic mass is 35.5. The van der Waals surface area contributed by atoms with Gasteiger partial charge in [-0.05, 0) is 27.7 Å². The van der Waals surface area contributed by atoms with Crippen LogP contribution in [0.3, 0.4) is 0 Å². The topological polar surface area (TPSA) is 129 Å². The van der Waals surface area contributed by atoms with E-state index in [2.05, 4.69) is 10.6 Å². The Hall–Kier alpha value is -0.960. The second-order valence-corrected chi connectivity index (χ2v) is 5.94. The zero-order valence-electron chi connectivity index (χ0n) is 14.8. The predicted octanol–water partition coefficient (Wildman–Crippen LogP) is 1.54. The highest BCUT2D eigenvalue weighted by Crippen LogP contribution is 2.11. The summed E-state index contributed by atoms with van der Waals surface area (Å²) in [4.78, 5) is 22.7. The Labute approximate surface area is 156 Å². The van der Waals surface area contributed by atoms with Crippen LogP contribution in [-0.2, 0) is 9.47 Å². The van der Waals surface area contributed by atoms with E-state index < -0.39 is 17.7 Å². The van der Waals surface area contributed by atoms with Gasteiger partial charge in [0, 0.05) is 37.0 Å². The molecule has 0 aliphatic rings. The normalized spacial score (nSPS) is 10.5. The van der Waals surface area contributed by atoms with Crippen molar-refractivity contribution in [3.63, 3.8) is 0 Å². The SMILES string of the molecule is CC(C)NC(=O)OCCC(N)(CN)CCOC(=O)NC(C)C.Cl.Cl. The summed E-state index contributed by atoms with van der Waals surface area (Å²) in [7, 11) is 0. The first-order valence-corrected chi connectivity index (χ1v) is 7.54. The molecule has 0 saturated carbocycles. The number of halogens is 2. The molecule has 0 heterocycles. The summed E-state index contributed by atoms with van der Waals surface area (Å²) in [6.07, 6.45) is -0.183. The number of carbonyl (C=O) groups excluding carboxylic acids is 2. The molecule has 0 aliphatic carbocycles. The van der Waals surface area contributed by atoms with Crippen molar-refractivity contribution in [3.05, 3.63) is 0 Å². The molecule has 10 heteroatoms. The Kier molecular flexibility index (Phi) is 16.7. The van der Waals surface area contributed by atoms with Gasteiger partial charge in [-0.15, -0.1) is 24.8 Å². The molecule has 0 radical (unpaired) electrons. The number of ether oxygens (including phenoxy) is 2. The lowest BCUT2D eigenvalue weighted by molar-refractivity contribution is 0.117. The molecule has 0 saturated heterocycles. The first kappa shape index (κ1) is 27.9. The van der Waals surface area contributed by atoms with Crippen molar-refractivity contribution in [1.82, 2.24) is 10.6 Å². The minimum atomic E-state index is -0.740. The Morgan fingerprint density at radius 1 is 0.917 bits per heavy atom. The van der Waals surface area contributed by atoms with Crippen molar-refractivity contribution < 1.29 is 19.1 Å². The fraction of sp³-hybridized carbons (Fsp3) is 0.857. The molecule has 0 rings (SSSR count). The number of hydrogen-bond donors (Lipinski definition) is 4. The van der Waals surface area contributed by atoms with Gasteiger partial charge in [0.2, 0.25) is 0 Å². The smallest absolute Gasteiger partial charge is 0.407 e. The van der Waals surface area contributed by atoms with Gasteiger partial charge in [-0.3, -0.25) is 0 Å².